The second kappa shape index (κ2) is 5.08. The van der Waals surface area contributed by atoms with Gasteiger partial charge in [-0.25, -0.2) is 4.79 Å². The van der Waals surface area contributed by atoms with E-state index in [1.807, 2.05) is 45.9 Å². The average Bonchev–Trinajstić information content (AvgIpc) is 2.19. The molecule has 0 unspecified atom stereocenters. The summed E-state index contributed by atoms with van der Waals surface area (Å²) < 4.78 is 5.73. The van der Waals surface area contributed by atoms with E-state index in [-0.39, 0.29) is 11.6 Å². The highest BCUT2D eigenvalue weighted by Crippen LogP contribution is 2.32. The van der Waals surface area contributed by atoms with Crippen LogP contribution in [-0.4, -0.2) is 18.7 Å². The molecular formula is C13H18BrNO2. The van der Waals surface area contributed by atoms with Gasteiger partial charge in [0.25, 0.3) is 0 Å². The number of hydrogen-bond donors (Lipinski definition) is 0. The van der Waals surface area contributed by atoms with Crippen LogP contribution in [0.1, 0.15) is 26.3 Å². The van der Waals surface area contributed by atoms with Gasteiger partial charge in [0.2, 0.25) is 0 Å². The van der Waals surface area contributed by atoms with Crippen LogP contribution in [0.15, 0.2) is 22.7 Å². The number of ether oxygens (including phenoxy) is 1. The normalized spacial score (nSPS) is 11.2. The Hall–Kier alpha value is -1.03. The number of carbonyl (C=O) groups excluding carboxylic acids is 1. The maximum atomic E-state index is 11.9. The van der Waals surface area contributed by atoms with Gasteiger partial charge in [0.15, 0.2) is 0 Å². The number of aryl methyl sites for hydroxylation is 1. The van der Waals surface area contributed by atoms with E-state index in [2.05, 4.69) is 15.9 Å². The van der Waals surface area contributed by atoms with Crippen LogP contribution in [0.4, 0.5) is 10.5 Å². The van der Waals surface area contributed by atoms with E-state index in [1.165, 1.54) is 7.11 Å². The molecule has 1 aromatic carbocycles. The molecule has 0 aliphatic rings. The SMILES string of the molecule is COC(=O)N(c1ccc(C)cc1Br)C(C)(C)C. The van der Waals surface area contributed by atoms with Crippen molar-refractivity contribution in [2.24, 2.45) is 0 Å². The standard InChI is InChI=1S/C13H18BrNO2/c1-9-6-7-11(10(14)8-9)15(12(16)17-5)13(2,3)4/h6-8H,1-5H3. The van der Waals surface area contributed by atoms with Gasteiger partial charge in [0, 0.05) is 10.0 Å². The fourth-order valence-corrected chi connectivity index (χ4v) is 2.29. The molecule has 0 heterocycles. The molecule has 17 heavy (non-hydrogen) atoms. The number of amides is 1. The van der Waals surface area contributed by atoms with Crippen LogP contribution >= 0.6 is 15.9 Å². The van der Waals surface area contributed by atoms with Gasteiger partial charge in [-0.2, -0.15) is 0 Å². The Bertz CT molecular complexity index is 424. The Balaban J connectivity index is 3.28. The lowest BCUT2D eigenvalue weighted by molar-refractivity contribution is 0.172. The molecule has 0 spiro atoms. The first-order chi connectivity index (χ1) is 7.77. The second-order valence-corrected chi connectivity index (χ2v) is 5.79. The molecule has 0 fully saturated rings. The van der Waals surface area contributed by atoms with Gasteiger partial charge >= 0.3 is 6.09 Å². The maximum absolute atomic E-state index is 11.9. The first kappa shape index (κ1) is 14.0. The van der Waals surface area contributed by atoms with Crippen LogP contribution in [-0.2, 0) is 4.74 Å². The molecule has 0 aliphatic heterocycles. The average molecular weight is 300 g/mol. The Labute approximate surface area is 111 Å². The van der Waals surface area contributed by atoms with Gasteiger partial charge in [-0.3, -0.25) is 4.90 Å². The molecule has 0 bridgehead atoms. The first-order valence-electron chi connectivity index (χ1n) is 5.41. The van der Waals surface area contributed by atoms with Crippen molar-refractivity contribution < 1.29 is 9.53 Å². The fraction of sp³-hybridized carbons (Fsp3) is 0.462. The third-order valence-electron chi connectivity index (χ3n) is 2.37. The molecular weight excluding hydrogens is 282 g/mol. The Morgan fingerprint density at radius 1 is 1.35 bits per heavy atom. The minimum Gasteiger partial charge on any atom is -0.452 e. The van der Waals surface area contributed by atoms with Gasteiger partial charge in [-0.15, -0.1) is 0 Å². The van der Waals surface area contributed by atoms with Gasteiger partial charge in [-0.05, 0) is 61.3 Å². The first-order valence-corrected chi connectivity index (χ1v) is 6.21. The zero-order valence-corrected chi connectivity index (χ0v) is 12.5. The van der Waals surface area contributed by atoms with Crippen molar-refractivity contribution in [2.45, 2.75) is 33.2 Å². The van der Waals surface area contributed by atoms with Crippen LogP contribution in [0, 0.1) is 6.92 Å². The molecule has 0 aliphatic carbocycles. The molecule has 4 heteroatoms. The molecule has 94 valence electrons. The van der Waals surface area contributed by atoms with Crippen LogP contribution in [0.2, 0.25) is 0 Å². The fourth-order valence-electron chi connectivity index (χ4n) is 1.62. The van der Waals surface area contributed by atoms with E-state index in [4.69, 9.17) is 4.74 Å². The van der Waals surface area contributed by atoms with Gasteiger partial charge in [-0.1, -0.05) is 6.07 Å². The number of anilines is 1. The molecule has 0 radical (unpaired) electrons. The van der Waals surface area contributed by atoms with E-state index in [1.54, 1.807) is 4.90 Å². The van der Waals surface area contributed by atoms with E-state index >= 15 is 0 Å². The zero-order chi connectivity index (χ0) is 13.2. The monoisotopic (exact) mass is 299 g/mol. The topological polar surface area (TPSA) is 29.5 Å². The number of halogens is 1. The largest absolute Gasteiger partial charge is 0.452 e. The van der Waals surface area contributed by atoms with E-state index in [9.17, 15) is 4.79 Å². The minimum absolute atomic E-state index is 0.342. The molecule has 1 amide bonds. The summed E-state index contributed by atoms with van der Waals surface area (Å²) >= 11 is 3.49. The number of nitrogens with zero attached hydrogens (tertiary/aromatic N) is 1. The molecule has 0 atom stereocenters. The van der Waals surface area contributed by atoms with Crippen molar-refractivity contribution >= 4 is 27.7 Å². The lowest BCUT2D eigenvalue weighted by Gasteiger charge is -2.35. The summed E-state index contributed by atoms with van der Waals surface area (Å²) in [5, 5.41) is 0. The highest BCUT2D eigenvalue weighted by atomic mass is 79.9. The van der Waals surface area contributed by atoms with Crippen molar-refractivity contribution in [1.82, 2.24) is 0 Å². The Morgan fingerprint density at radius 3 is 2.35 bits per heavy atom. The van der Waals surface area contributed by atoms with E-state index in [0.717, 1.165) is 15.7 Å². The molecule has 0 N–H and O–H groups in total. The molecule has 1 aromatic rings. The minimum atomic E-state index is -0.359. The van der Waals surface area contributed by atoms with Gasteiger partial charge in [0.05, 0.1) is 12.8 Å². The molecule has 0 saturated heterocycles. The summed E-state index contributed by atoms with van der Waals surface area (Å²) in [6, 6.07) is 5.88. The summed E-state index contributed by atoms with van der Waals surface area (Å²) in [6.45, 7) is 7.91. The lowest BCUT2D eigenvalue weighted by Crippen LogP contribution is -2.46. The third kappa shape index (κ3) is 3.22. The van der Waals surface area contributed by atoms with Crippen molar-refractivity contribution in [3.8, 4) is 0 Å². The van der Waals surface area contributed by atoms with Gasteiger partial charge in [0.1, 0.15) is 0 Å². The lowest BCUT2D eigenvalue weighted by atomic mass is 10.1. The molecule has 1 rings (SSSR count). The molecule has 3 nitrogen and oxygen atoms in total. The smallest absolute Gasteiger partial charge is 0.414 e. The Morgan fingerprint density at radius 2 is 1.94 bits per heavy atom. The van der Waals surface area contributed by atoms with Crippen LogP contribution < -0.4 is 4.90 Å². The summed E-state index contributed by atoms with van der Waals surface area (Å²) in [6.07, 6.45) is -0.359. The number of benzene rings is 1. The van der Waals surface area contributed by atoms with Crippen LogP contribution in [0.25, 0.3) is 0 Å². The van der Waals surface area contributed by atoms with Gasteiger partial charge < -0.3 is 4.74 Å². The third-order valence-corrected chi connectivity index (χ3v) is 3.01. The molecule has 0 aromatic heterocycles. The van der Waals surface area contributed by atoms with Crippen molar-refractivity contribution in [3.05, 3.63) is 28.2 Å². The summed E-state index contributed by atoms with van der Waals surface area (Å²) in [7, 11) is 1.39. The summed E-state index contributed by atoms with van der Waals surface area (Å²) in [4.78, 5) is 13.5. The number of carbonyl (C=O) groups is 1. The number of methoxy groups -OCH3 is 1. The van der Waals surface area contributed by atoms with E-state index < -0.39 is 0 Å². The highest BCUT2D eigenvalue weighted by molar-refractivity contribution is 9.10. The van der Waals surface area contributed by atoms with Crippen LogP contribution in [0.5, 0.6) is 0 Å². The predicted octanol–water partition coefficient (Wildman–Crippen LogP) is 4.13. The zero-order valence-electron chi connectivity index (χ0n) is 10.9. The number of hydrogen-bond acceptors (Lipinski definition) is 2. The van der Waals surface area contributed by atoms with Crippen molar-refractivity contribution in [1.29, 1.82) is 0 Å². The summed E-state index contributed by atoms with van der Waals surface area (Å²) in [5.74, 6) is 0. The molecule has 0 saturated carbocycles. The van der Waals surface area contributed by atoms with Crippen molar-refractivity contribution in [2.75, 3.05) is 12.0 Å². The second-order valence-electron chi connectivity index (χ2n) is 4.93. The highest BCUT2D eigenvalue weighted by Gasteiger charge is 2.30. The quantitative estimate of drug-likeness (QED) is 0.780. The van der Waals surface area contributed by atoms with Crippen LogP contribution in [0.3, 0.4) is 0 Å². The summed E-state index contributed by atoms with van der Waals surface area (Å²) in [5.41, 5.74) is 1.61. The Kier molecular flexibility index (Phi) is 4.20. The maximum Gasteiger partial charge on any atom is 0.414 e. The predicted molar refractivity (Wildman–Crippen MR) is 73.5 cm³/mol. The van der Waals surface area contributed by atoms with E-state index in [0.29, 0.717) is 0 Å². The van der Waals surface area contributed by atoms with Crippen molar-refractivity contribution in [3.63, 3.8) is 0 Å². The number of rotatable bonds is 1.